The average Bonchev–Trinajstić information content (AvgIpc) is 2.39. The molecule has 0 aliphatic rings. The number of nitrogens with zero attached hydrogens (tertiary/aromatic N) is 1. The Morgan fingerprint density at radius 3 is 2.74 bits per heavy atom. The summed E-state index contributed by atoms with van der Waals surface area (Å²) in [6.45, 7) is 6.41. The Morgan fingerprint density at radius 1 is 1.37 bits per heavy atom. The molecule has 3 nitrogen and oxygen atoms in total. The number of ether oxygens (including phenoxy) is 1. The number of aldehydes is 1. The van der Waals surface area contributed by atoms with Crippen molar-refractivity contribution in [3.8, 4) is 11.8 Å². The summed E-state index contributed by atoms with van der Waals surface area (Å²) in [6, 6.07) is 7.87. The number of aryl methyl sites for hydroxylation is 1. The quantitative estimate of drug-likeness (QED) is 0.551. The van der Waals surface area contributed by atoms with Gasteiger partial charge in [-0.2, -0.15) is 5.26 Å². The summed E-state index contributed by atoms with van der Waals surface area (Å²) >= 11 is 0. The first-order valence-electron chi connectivity index (χ1n) is 6.58. The molecule has 0 aromatic heterocycles. The zero-order chi connectivity index (χ0) is 14.3. The van der Waals surface area contributed by atoms with E-state index in [-0.39, 0.29) is 5.41 Å². The molecule has 0 fully saturated rings. The molecule has 1 rings (SSSR count). The number of unbranched alkanes of at least 4 members (excludes halogenated alkanes) is 1. The molecule has 0 radical (unpaired) electrons. The van der Waals surface area contributed by atoms with E-state index in [1.54, 1.807) is 0 Å². The van der Waals surface area contributed by atoms with Crippen molar-refractivity contribution in [2.45, 2.75) is 40.0 Å². The smallest absolute Gasteiger partial charge is 0.153 e. The van der Waals surface area contributed by atoms with Gasteiger partial charge in [-0.3, -0.25) is 4.79 Å². The molecule has 1 aromatic rings. The van der Waals surface area contributed by atoms with Gasteiger partial charge in [-0.05, 0) is 52.2 Å². The molecule has 0 unspecified atom stereocenters. The highest BCUT2D eigenvalue weighted by molar-refractivity contribution is 5.79. The summed E-state index contributed by atoms with van der Waals surface area (Å²) in [5.41, 5.74) is 1.38. The van der Waals surface area contributed by atoms with E-state index < -0.39 is 0 Å². The van der Waals surface area contributed by atoms with Crippen LogP contribution in [0, 0.1) is 23.7 Å². The van der Waals surface area contributed by atoms with Crippen LogP contribution in [0.2, 0.25) is 0 Å². The van der Waals surface area contributed by atoms with Crippen molar-refractivity contribution in [3.05, 3.63) is 29.3 Å². The molecule has 3 heteroatoms. The van der Waals surface area contributed by atoms with Crippen LogP contribution in [-0.2, 0) is 0 Å². The van der Waals surface area contributed by atoms with Crippen molar-refractivity contribution in [1.29, 1.82) is 5.26 Å². The molecule has 0 N–H and O–H groups in total. The van der Waals surface area contributed by atoms with Crippen molar-refractivity contribution >= 4 is 6.29 Å². The van der Waals surface area contributed by atoms with Crippen LogP contribution in [0.25, 0.3) is 0 Å². The first kappa shape index (κ1) is 15.2. The summed E-state index contributed by atoms with van der Waals surface area (Å²) in [5.74, 6) is 0.639. The molecule has 0 aliphatic carbocycles. The maximum Gasteiger partial charge on any atom is 0.153 e. The Morgan fingerprint density at radius 2 is 2.11 bits per heavy atom. The third-order valence-corrected chi connectivity index (χ3v) is 3.05. The van der Waals surface area contributed by atoms with Gasteiger partial charge in [0.1, 0.15) is 5.75 Å². The molecule has 19 heavy (non-hydrogen) atoms. The zero-order valence-corrected chi connectivity index (χ0v) is 11.9. The van der Waals surface area contributed by atoms with E-state index >= 15 is 0 Å². The van der Waals surface area contributed by atoms with Gasteiger partial charge in [-0.15, -0.1) is 0 Å². The van der Waals surface area contributed by atoms with E-state index in [0.29, 0.717) is 17.9 Å². The minimum absolute atomic E-state index is 0.266. The molecule has 0 bridgehead atoms. The van der Waals surface area contributed by atoms with Crippen LogP contribution >= 0.6 is 0 Å². The predicted octanol–water partition coefficient (Wildman–Crippen LogP) is 3.91. The average molecular weight is 259 g/mol. The van der Waals surface area contributed by atoms with Gasteiger partial charge in [-0.25, -0.2) is 0 Å². The molecular weight excluding hydrogens is 238 g/mol. The van der Waals surface area contributed by atoms with Gasteiger partial charge in [0.05, 0.1) is 23.7 Å². The largest absolute Gasteiger partial charge is 0.493 e. The fourth-order valence-electron chi connectivity index (χ4n) is 1.80. The summed E-state index contributed by atoms with van der Waals surface area (Å²) in [7, 11) is 0. The molecule has 0 spiro atoms. The van der Waals surface area contributed by atoms with Crippen LogP contribution in [0.4, 0.5) is 0 Å². The number of benzene rings is 1. The van der Waals surface area contributed by atoms with E-state index in [1.165, 1.54) is 0 Å². The van der Waals surface area contributed by atoms with Crippen molar-refractivity contribution < 1.29 is 9.53 Å². The minimum Gasteiger partial charge on any atom is -0.493 e. The lowest BCUT2D eigenvalue weighted by Crippen LogP contribution is -2.08. The van der Waals surface area contributed by atoms with Crippen LogP contribution in [0.15, 0.2) is 18.2 Å². The molecule has 0 amide bonds. The van der Waals surface area contributed by atoms with Gasteiger partial charge < -0.3 is 4.74 Å². The molecule has 1 aromatic carbocycles. The monoisotopic (exact) mass is 259 g/mol. The predicted molar refractivity (Wildman–Crippen MR) is 75.3 cm³/mol. The highest BCUT2D eigenvalue weighted by Crippen LogP contribution is 2.22. The Hall–Kier alpha value is -1.82. The van der Waals surface area contributed by atoms with Crippen LogP contribution in [0.3, 0.4) is 0 Å². The fourth-order valence-corrected chi connectivity index (χ4v) is 1.80. The van der Waals surface area contributed by atoms with Crippen LogP contribution in [0.1, 0.15) is 49.0 Å². The van der Waals surface area contributed by atoms with E-state index in [9.17, 15) is 4.79 Å². The molecule has 0 atom stereocenters. The molecule has 102 valence electrons. The number of rotatable bonds is 7. The topological polar surface area (TPSA) is 50.1 Å². The van der Waals surface area contributed by atoms with E-state index in [1.807, 2.05) is 39.0 Å². The molecule has 0 heterocycles. The van der Waals surface area contributed by atoms with Crippen molar-refractivity contribution in [3.63, 3.8) is 0 Å². The number of carbonyl (C=O) groups is 1. The summed E-state index contributed by atoms with van der Waals surface area (Å²) in [5, 5.41) is 8.90. The van der Waals surface area contributed by atoms with Crippen molar-refractivity contribution in [1.82, 2.24) is 0 Å². The first-order chi connectivity index (χ1) is 8.98. The maximum atomic E-state index is 10.9. The highest BCUT2D eigenvalue weighted by atomic mass is 16.5. The summed E-state index contributed by atoms with van der Waals surface area (Å²) in [6.07, 6.45) is 3.52. The Balaban J connectivity index is 2.38. The minimum atomic E-state index is -0.266. The normalized spacial score (nSPS) is 10.8. The van der Waals surface area contributed by atoms with Gasteiger partial charge in [0.25, 0.3) is 0 Å². The SMILES string of the molecule is Cc1ccc(OCCCCC(C)(C)C#N)c(C=O)c1. The van der Waals surface area contributed by atoms with Crippen LogP contribution < -0.4 is 4.74 Å². The Bertz CT molecular complexity index is 472. The maximum absolute atomic E-state index is 10.9. The van der Waals surface area contributed by atoms with Gasteiger partial charge >= 0.3 is 0 Å². The fraction of sp³-hybridized carbons (Fsp3) is 0.500. The highest BCUT2D eigenvalue weighted by Gasteiger charge is 2.15. The molecule has 0 saturated heterocycles. The lowest BCUT2D eigenvalue weighted by Gasteiger charge is -2.14. The lowest BCUT2D eigenvalue weighted by molar-refractivity contribution is 0.111. The number of nitriles is 1. The first-order valence-corrected chi connectivity index (χ1v) is 6.58. The third-order valence-electron chi connectivity index (χ3n) is 3.05. The second kappa shape index (κ2) is 6.94. The second-order valence-electron chi connectivity index (χ2n) is 5.46. The molecule has 0 aliphatic heterocycles. The molecular formula is C16H21NO2. The van der Waals surface area contributed by atoms with Crippen molar-refractivity contribution in [2.24, 2.45) is 5.41 Å². The van der Waals surface area contributed by atoms with Gasteiger partial charge in [0.15, 0.2) is 6.29 Å². The second-order valence-corrected chi connectivity index (χ2v) is 5.46. The Labute approximate surface area is 115 Å². The van der Waals surface area contributed by atoms with Gasteiger partial charge in [-0.1, -0.05) is 11.6 Å². The Kier molecular flexibility index (Phi) is 5.57. The number of hydrogen-bond donors (Lipinski definition) is 0. The molecule has 0 saturated carbocycles. The summed E-state index contributed by atoms with van der Waals surface area (Å²) in [4.78, 5) is 10.9. The lowest BCUT2D eigenvalue weighted by atomic mass is 9.89. The van der Waals surface area contributed by atoms with Gasteiger partial charge in [0, 0.05) is 0 Å². The standard InChI is InChI=1S/C16H21NO2/c1-13-6-7-15(14(10-13)11-18)19-9-5-4-8-16(2,3)12-17/h6-7,10-11H,4-5,8-9H2,1-3H3. The van der Waals surface area contributed by atoms with Crippen molar-refractivity contribution in [2.75, 3.05) is 6.61 Å². The van der Waals surface area contributed by atoms with Crippen LogP contribution in [-0.4, -0.2) is 12.9 Å². The number of hydrogen-bond acceptors (Lipinski definition) is 3. The van der Waals surface area contributed by atoms with E-state index in [4.69, 9.17) is 10.00 Å². The van der Waals surface area contributed by atoms with Crippen LogP contribution in [0.5, 0.6) is 5.75 Å². The van der Waals surface area contributed by atoms with Gasteiger partial charge in [0.2, 0.25) is 0 Å². The summed E-state index contributed by atoms with van der Waals surface area (Å²) < 4.78 is 5.62. The van der Waals surface area contributed by atoms with E-state index in [2.05, 4.69) is 6.07 Å². The van der Waals surface area contributed by atoms with E-state index in [0.717, 1.165) is 31.1 Å². The number of carbonyl (C=O) groups excluding carboxylic acids is 1. The third kappa shape index (κ3) is 5.13. The zero-order valence-electron chi connectivity index (χ0n) is 11.9.